The number of carbonyl (C=O) groups is 1. The fourth-order valence-corrected chi connectivity index (χ4v) is 3.49. The molecule has 5 nitrogen and oxygen atoms in total. The Hall–Kier alpha value is -2.12. The van der Waals surface area contributed by atoms with Crippen molar-refractivity contribution in [1.29, 1.82) is 0 Å². The SMILES string of the molecule is COc1ccc(C=NN=C2NC(=O)C(Cc3ccc(Br)cc3)S2)cc1. The van der Waals surface area contributed by atoms with E-state index in [0.29, 0.717) is 11.6 Å². The lowest BCUT2D eigenvalue weighted by molar-refractivity contribution is -0.118. The molecule has 1 fully saturated rings. The Morgan fingerprint density at radius 2 is 1.92 bits per heavy atom. The summed E-state index contributed by atoms with van der Waals surface area (Å²) in [6, 6.07) is 15.5. The Morgan fingerprint density at radius 3 is 2.60 bits per heavy atom. The summed E-state index contributed by atoms with van der Waals surface area (Å²) >= 11 is 4.81. The molecule has 1 heterocycles. The van der Waals surface area contributed by atoms with Gasteiger partial charge in [0, 0.05) is 4.47 Å². The second-order valence-corrected chi connectivity index (χ2v) is 7.46. The molecule has 7 heteroatoms. The summed E-state index contributed by atoms with van der Waals surface area (Å²) in [6.45, 7) is 0. The van der Waals surface area contributed by atoms with Crippen molar-refractivity contribution in [1.82, 2.24) is 5.32 Å². The lowest BCUT2D eigenvalue weighted by atomic mass is 10.1. The lowest BCUT2D eigenvalue weighted by Crippen LogP contribution is -2.25. The van der Waals surface area contributed by atoms with Crippen LogP contribution in [0.25, 0.3) is 0 Å². The molecule has 25 heavy (non-hydrogen) atoms. The monoisotopic (exact) mass is 417 g/mol. The fraction of sp³-hybridized carbons (Fsp3) is 0.167. The molecule has 1 N–H and O–H groups in total. The molecule has 0 aliphatic carbocycles. The molecule has 1 unspecified atom stereocenters. The van der Waals surface area contributed by atoms with Gasteiger partial charge in [-0.15, -0.1) is 5.10 Å². The Morgan fingerprint density at radius 1 is 1.20 bits per heavy atom. The number of methoxy groups -OCH3 is 1. The summed E-state index contributed by atoms with van der Waals surface area (Å²) in [5.41, 5.74) is 2.02. The van der Waals surface area contributed by atoms with E-state index in [-0.39, 0.29) is 11.2 Å². The normalized spacial score (nSPS) is 18.7. The van der Waals surface area contributed by atoms with Gasteiger partial charge in [0.25, 0.3) is 0 Å². The van der Waals surface area contributed by atoms with Gasteiger partial charge in [0.2, 0.25) is 5.91 Å². The van der Waals surface area contributed by atoms with E-state index < -0.39 is 0 Å². The van der Waals surface area contributed by atoms with Crippen LogP contribution < -0.4 is 10.1 Å². The van der Waals surface area contributed by atoms with Crippen molar-refractivity contribution < 1.29 is 9.53 Å². The molecule has 3 rings (SSSR count). The molecular weight excluding hydrogens is 402 g/mol. The number of amides is 1. The average molecular weight is 418 g/mol. The topological polar surface area (TPSA) is 63.1 Å². The van der Waals surface area contributed by atoms with Gasteiger partial charge in [-0.05, 0) is 53.9 Å². The van der Waals surface area contributed by atoms with Crippen molar-refractivity contribution in [3.8, 4) is 5.75 Å². The van der Waals surface area contributed by atoms with E-state index in [2.05, 4.69) is 31.4 Å². The van der Waals surface area contributed by atoms with E-state index >= 15 is 0 Å². The highest BCUT2D eigenvalue weighted by atomic mass is 79.9. The molecule has 0 bridgehead atoms. The Kier molecular flexibility index (Phi) is 5.88. The third-order valence-corrected chi connectivity index (χ3v) is 5.18. The zero-order chi connectivity index (χ0) is 17.6. The number of hydrogen-bond donors (Lipinski definition) is 1. The summed E-state index contributed by atoms with van der Waals surface area (Å²) in [5.74, 6) is 0.754. The minimum Gasteiger partial charge on any atom is -0.497 e. The zero-order valence-corrected chi connectivity index (χ0v) is 15.9. The predicted molar refractivity (Wildman–Crippen MR) is 105 cm³/mol. The fourth-order valence-electron chi connectivity index (χ4n) is 2.26. The van der Waals surface area contributed by atoms with Crippen LogP contribution in [0.15, 0.2) is 63.2 Å². The predicted octanol–water partition coefficient (Wildman–Crippen LogP) is 3.62. The van der Waals surface area contributed by atoms with E-state index in [1.807, 2.05) is 48.5 Å². The lowest BCUT2D eigenvalue weighted by Gasteiger charge is -2.05. The van der Waals surface area contributed by atoms with Crippen LogP contribution in [0.1, 0.15) is 11.1 Å². The van der Waals surface area contributed by atoms with Crippen LogP contribution in [0.2, 0.25) is 0 Å². The first-order chi connectivity index (χ1) is 12.1. The van der Waals surface area contributed by atoms with Gasteiger partial charge < -0.3 is 10.1 Å². The van der Waals surface area contributed by atoms with E-state index in [0.717, 1.165) is 21.3 Å². The summed E-state index contributed by atoms with van der Waals surface area (Å²) in [5, 5.41) is 11.3. The quantitative estimate of drug-likeness (QED) is 0.596. The van der Waals surface area contributed by atoms with Crippen LogP contribution in [-0.2, 0) is 11.2 Å². The highest BCUT2D eigenvalue weighted by Crippen LogP contribution is 2.24. The number of nitrogens with zero attached hydrogens (tertiary/aromatic N) is 2. The molecule has 1 aliphatic heterocycles. The van der Waals surface area contributed by atoms with E-state index in [4.69, 9.17) is 4.74 Å². The van der Waals surface area contributed by atoms with Gasteiger partial charge in [0.15, 0.2) is 5.17 Å². The number of rotatable bonds is 5. The van der Waals surface area contributed by atoms with E-state index in [9.17, 15) is 4.79 Å². The first-order valence-electron chi connectivity index (χ1n) is 7.61. The Bertz CT molecular complexity index is 804. The first-order valence-corrected chi connectivity index (χ1v) is 9.28. The van der Waals surface area contributed by atoms with Crippen LogP contribution in [-0.4, -0.2) is 29.6 Å². The Balaban J connectivity index is 1.60. The standard InChI is InChI=1S/C18H16BrN3O2S/c1-24-15-8-4-13(5-9-15)11-20-22-18-21-17(23)16(25-18)10-12-2-6-14(19)7-3-12/h2-9,11,16H,10H2,1H3,(H,21,22,23). The van der Waals surface area contributed by atoms with Gasteiger partial charge in [-0.3, -0.25) is 4.79 Å². The summed E-state index contributed by atoms with van der Waals surface area (Å²) in [6.07, 6.45) is 2.30. The van der Waals surface area contributed by atoms with Crippen LogP contribution in [0.3, 0.4) is 0 Å². The van der Waals surface area contributed by atoms with Crippen LogP contribution in [0.5, 0.6) is 5.75 Å². The van der Waals surface area contributed by atoms with Crippen LogP contribution in [0.4, 0.5) is 0 Å². The molecule has 1 saturated heterocycles. The molecule has 1 amide bonds. The summed E-state index contributed by atoms with van der Waals surface area (Å²) in [7, 11) is 1.62. The van der Waals surface area contributed by atoms with Gasteiger partial charge in [0.1, 0.15) is 5.75 Å². The van der Waals surface area contributed by atoms with Gasteiger partial charge in [-0.2, -0.15) is 5.10 Å². The number of benzene rings is 2. The van der Waals surface area contributed by atoms with Gasteiger partial charge in [-0.25, -0.2) is 0 Å². The maximum atomic E-state index is 12.1. The number of ether oxygens (including phenoxy) is 1. The van der Waals surface area contributed by atoms with Crippen molar-refractivity contribution in [2.24, 2.45) is 10.2 Å². The molecular formula is C18H16BrN3O2S. The largest absolute Gasteiger partial charge is 0.497 e. The first kappa shape index (κ1) is 17.7. The third-order valence-electron chi connectivity index (χ3n) is 3.58. The summed E-state index contributed by atoms with van der Waals surface area (Å²) in [4.78, 5) is 12.1. The molecule has 2 aromatic carbocycles. The number of thioether (sulfide) groups is 1. The number of hydrogen-bond acceptors (Lipinski definition) is 5. The summed E-state index contributed by atoms with van der Waals surface area (Å²) < 4.78 is 6.13. The highest BCUT2D eigenvalue weighted by Gasteiger charge is 2.30. The molecule has 0 saturated carbocycles. The smallest absolute Gasteiger partial charge is 0.239 e. The van der Waals surface area contributed by atoms with Gasteiger partial charge in [-0.1, -0.05) is 39.8 Å². The minimum absolute atomic E-state index is 0.0358. The third kappa shape index (κ3) is 4.93. The second-order valence-electron chi connectivity index (χ2n) is 5.35. The maximum Gasteiger partial charge on any atom is 0.239 e. The minimum atomic E-state index is -0.184. The van der Waals surface area contributed by atoms with Crippen molar-refractivity contribution in [3.63, 3.8) is 0 Å². The molecule has 2 aromatic rings. The number of halogens is 1. The Labute approximate surface area is 158 Å². The van der Waals surface area contributed by atoms with E-state index in [1.54, 1.807) is 13.3 Å². The van der Waals surface area contributed by atoms with Gasteiger partial charge >= 0.3 is 0 Å². The van der Waals surface area contributed by atoms with Crippen molar-refractivity contribution in [3.05, 3.63) is 64.1 Å². The van der Waals surface area contributed by atoms with Gasteiger partial charge in [0.05, 0.1) is 18.6 Å². The number of nitrogens with one attached hydrogen (secondary N) is 1. The molecule has 128 valence electrons. The van der Waals surface area contributed by atoms with Crippen LogP contribution >= 0.6 is 27.7 Å². The number of amidine groups is 1. The second kappa shape index (κ2) is 8.31. The highest BCUT2D eigenvalue weighted by molar-refractivity contribution is 9.10. The van der Waals surface area contributed by atoms with Crippen LogP contribution in [0, 0.1) is 0 Å². The van der Waals surface area contributed by atoms with Crippen molar-refractivity contribution >= 4 is 45.0 Å². The maximum absolute atomic E-state index is 12.1. The van der Waals surface area contributed by atoms with Crippen molar-refractivity contribution in [2.75, 3.05) is 7.11 Å². The molecule has 1 atom stereocenters. The average Bonchev–Trinajstić information content (AvgIpc) is 2.97. The molecule has 0 spiro atoms. The molecule has 0 radical (unpaired) electrons. The van der Waals surface area contributed by atoms with E-state index in [1.165, 1.54) is 11.8 Å². The number of carbonyl (C=O) groups excluding carboxylic acids is 1. The zero-order valence-electron chi connectivity index (χ0n) is 13.5. The molecule has 1 aliphatic rings. The van der Waals surface area contributed by atoms with Crippen molar-refractivity contribution in [2.45, 2.75) is 11.7 Å². The molecule has 0 aromatic heterocycles.